The second-order valence-corrected chi connectivity index (χ2v) is 8.27. The van der Waals surface area contributed by atoms with E-state index in [1.54, 1.807) is 56.7 Å². The number of fused-ring (bicyclic) bond motifs is 1. The quantitative estimate of drug-likeness (QED) is 0.458. The lowest BCUT2D eigenvalue weighted by atomic mass is 10.1. The highest BCUT2D eigenvalue weighted by molar-refractivity contribution is 7.89. The number of hydrogen-bond donors (Lipinski definition) is 3. The van der Waals surface area contributed by atoms with Gasteiger partial charge in [-0.05, 0) is 49.1 Å². The Bertz CT molecular complexity index is 1430. The van der Waals surface area contributed by atoms with Gasteiger partial charge in [0, 0.05) is 29.8 Å². The lowest BCUT2D eigenvalue weighted by Gasteiger charge is -2.14. The molecule has 0 aliphatic rings. The van der Waals surface area contributed by atoms with Crippen LogP contribution in [0.3, 0.4) is 0 Å². The van der Waals surface area contributed by atoms with E-state index >= 15 is 0 Å². The number of hydrogen-bond acceptors (Lipinski definition) is 7. The molecule has 0 aliphatic heterocycles. The van der Waals surface area contributed by atoms with Gasteiger partial charge in [-0.15, -0.1) is 0 Å². The van der Waals surface area contributed by atoms with Gasteiger partial charge < -0.3 is 10.3 Å². The van der Waals surface area contributed by atoms with Crippen molar-refractivity contribution in [2.75, 3.05) is 5.32 Å². The molecule has 10 heteroatoms. The van der Waals surface area contributed by atoms with Crippen LogP contribution < -0.4 is 16.0 Å². The average Bonchev–Trinajstić information content (AvgIpc) is 2.69. The van der Waals surface area contributed by atoms with Crippen molar-refractivity contribution in [2.45, 2.75) is 18.7 Å². The molecule has 0 radical (unpaired) electrons. The van der Waals surface area contributed by atoms with Gasteiger partial charge in [0.25, 0.3) is 5.56 Å². The van der Waals surface area contributed by atoms with E-state index in [4.69, 9.17) is 5.14 Å². The summed E-state index contributed by atoms with van der Waals surface area (Å²) in [6, 6.07) is 8.22. The molecule has 3 aromatic heterocycles. The zero-order valence-corrected chi connectivity index (χ0v) is 17.0. The Morgan fingerprint density at radius 3 is 2.53 bits per heavy atom. The molecule has 30 heavy (non-hydrogen) atoms. The number of H-pyrrole nitrogens is 1. The van der Waals surface area contributed by atoms with E-state index in [1.807, 2.05) is 0 Å². The lowest BCUT2D eigenvalue weighted by Crippen LogP contribution is -2.15. The van der Waals surface area contributed by atoms with E-state index in [2.05, 4.69) is 25.3 Å². The summed E-state index contributed by atoms with van der Waals surface area (Å²) in [6.45, 7) is 3.41. The fraction of sp³-hybridized carbons (Fsp3) is 0.100. The molecule has 0 saturated carbocycles. The standard InChI is InChI=1S/C20H18N6O3S/c1-11-15(4-3-5-17(11)30(21,28)29)25-19-18-13(6-7-22-20(18)27)8-16(26-19)14-9-23-12(2)24-10-14/h3-10H,1-2H3,(H,22,27)(H,25,26)(H2,21,28,29). The van der Waals surface area contributed by atoms with Gasteiger partial charge in [-0.3, -0.25) is 4.79 Å². The van der Waals surface area contributed by atoms with Crippen molar-refractivity contribution in [3.63, 3.8) is 0 Å². The summed E-state index contributed by atoms with van der Waals surface area (Å²) < 4.78 is 23.7. The first-order chi connectivity index (χ1) is 14.2. The Labute approximate surface area is 172 Å². The minimum Gasteiger partial charge on any atom is -0.339 e. The van der Waals surface area contributed by atoms with Crippen LogP contribution in [0.5, 0.6) is 0 Å². The van der Waals surface area contributed by atoms with E-state index in [1.165, 1.54) is 6.07 Å². The molecule has 0 amide bonds. The molecule has 4 aromatic rings. The molecule has 0 fully saturated rings. The first kappa shape index (κ1) is 19.7. The molecule has 0 saturated heterocycles. The van der Waals surface area contributed by atoms with E-state index in [9.17, 15) is 13.2 Å². The van der Waals surface area contributed by atoms with E-state index in [0.29, 0.717) is 39.1 Å². The Morgan fingerprint density at radius 1 is 1.10 bits per heavy atom. The number of aryl methyl sites for hydroxylation is 1. The summed E-state index contributed by atoms with van der Waals surface area (Å²) in [4.78, 5) is 28.1. The highest BCUT2D eigenvalue weighted by Crippen LogP contribution is 2.30. The third-order valence-electron chi connectivity index (χ3n) is 4.67. The monoisotopic (exact) mass is 422 g/mol. The molecule has 0 aliphatic carbocycles. The van der Waals surface area contributed by atoms with Gasteiger partial charge >= 0.3 is 0 Å². The predicted octanol–water partition coefficient (Wildman–Crippen LogP) is 2.39. The Kier molecular flexibility index (Phi) is 4.80. The van der Waals surface area contributed by atoms with Crippen LogP contribution >= 0.6 is 0 Å². The summed E-state index contributed by atoms with van der Waals surface area (Å²) in [7, 11) is -3.90. The van der Waals surface area contributed by atoms with Crippen molar-refractivity contribution in [1.29, 1.82) is 0 Å². The van der Waals surface area contributed by atoms with Gasteiger partial charge in [0.2, 0.25) is 10.0 Å². The molecular weight excluding hydrogens is 404 g/mol. The van der Waals surface area contributed by atoms with Crippen molar-refractivity contribution in [1.82, 2.24) is 19.9 Å². The minimum atomic E-state index is -3.90. The number of aromatic amines is 1. The first-order valence-electron chi connectivity index (χ1n) is 8.95. The molecule has 152 valence electrons. The average molecular weight is 422 g/mol. The maximum absolute atomic E-state index is 12.5. The molecule has 0 unspecified atom stereocenters. The first-order valence-corrected chi connectivity index (χ1v) is 10.5. The van der Waals surface area contributed by atoms with Crippen LogP contribution in [0, 0.1) is 13.8 Å². The smallest absolute Gasteiger partial charge is 0.259 e. The van der Waals surface area contributed by atoms with Crippen LogP contribution in [0.2, 0.25) is 0 Å². The number of pyridine rings is 2. The highest BCUT2D eigenvalue weighted by Gasteiger charge is 2.16. The third-order valence-corrected chi connectivity index (χ3v) is 5.73. The topological polar surface area (TPSA) is 144 Å². The molecular formula is C20H18N6O3S. The SMILES string of the molecule is Cc1ncc(-c2cc3cc[nH]c(=O)c3c(Nc3cccc(S(N)(=O)=O)c3C)n2)cn1. The number of aromatic nitrogens is 4. The van der Waals surface area contributed by atoms with Crippen LogP contribution in [0.15, 0.2) is 58.6 Å². The highest BCUT2D eigenvalue weighted by atomic mass is 32.2. The number of nitrogens with two attached hydrogens (primary N) is 1. The number of benzene rings is 1. The Morgan fingerprint density at radius 2 is 1.83 bits per heavy atom. The van der Waals surface area contributed by atoms with Crippen LogP contribution in [-0.4, -0.2) is 28.4 Å². The van der Waals surface area contributed by atoms with E-state index < -0.39 is 10.0 Å². The zero-order valence-electron chi connectivity index (χ0n) is 16.2. The van der Waals surface area contributed by atoms with Crippen molar-refractivity contribution in [3.8, 4) is 11.3 Å². The number of nitrogens with one attached hydrogen (secondary N) is 2. The van der Waals surface area contributed by atoms with Crippen molar-refractivity contribution >= 4 is 32.3 Å². The Hall–Kier alpha value is -3.63. The lowest BCUT2D eigenvalue weighted by molar-refractivity contribution is 0.597. The van der Waals surface area contributed by atoms with Crippen LogP contribution in [0.1, 0.15) is 11.4 Å². The van der Waals surface area contributed by atoms with Gasteiger partial charge in [-0.2, -0.15) is 0 Å². The van der Waals surface area contributed by atoms with Gasteiger partial charge in [0.05, 0.1) is 16.0 Å². The third kappa shape index (κ3) is 3.65. The second kappa shape index (κ2) is 7.32. The number of sulfonamides is 1. The van der Waals surface area contributed by atoms with Gasteiger partial charge in [0.15, 0.2) is 0 Å². The molecule has 4 rings (SSSR count). The van der Waals surface area contributed by atoms with Gasteiger partial charge in [-0.25, -0.2) is 28.5 Å². The largest absolute Gasteiger partial charge is 0.339 e. The van der Waals surface area contributed by atoms with Crippen molar-refractivity contribution < 1.29 is 8.42 Å². The molecule has 9 nitrogen and oxygen atoms in total. The Balaban J connectivity index is 1.92. The summed E-state index contributed by atoms with van der Waals surface area (Å²) in [6.07, 6.45) is 4.86. The fourth-order valence-corrected chi connectivity index (χ4v) is 3.97. The number of primary sulfonamides is 1. The van der Waals surface area contributed by atoms with E-state index in [0.717, 1.165) is 0 Å². The van der Waals surface area contributed by atoms with Crippen molar-refractivity contribution in [3.05, 3.63) is 70.7 Å². The van der Waals surface area contributed by atoms with Gasteiger partial charge in [0.1, 0.15) is 11.6 Å². The normalized spacial score (nSPS) is 11.6. The minimum absolute atomic E-state index is 0.00574. The summed E-state index contributed by atoms with van der Waals surface area (Å²) in [5, 5.41) is 9.41. The molecule has 0 bridgehead atoms. The molecule has 4 N–H and O–H groups in total. The predicted molar refractivity (Wildman–Crippen MR) is 114 cm³/mol. The van der Waals surface area contributed by atoms with E-state index in [-0.39, 0.29) is 16.3 Å². The second-order valence-electron chi connectivity index (χ2n) is 6.74. The van der Waals surface area contributed by atoms with Crippen LogP contribution in [-0.2, 0) is 10.0 Å². The molecule has 0 spiro atoms. The summed E-state index contributed by atoms with van der Waals surface area (Å²) in [5.41, 5.74) is 1.81. The number of rotatable bonds is 4. The molecule has 3 heterocycles. The molecule has 0 atom stereocenters. The number of nitrogens with zero attached hydrogens (tertiary/aromatic N) is 3. The van der Waals surface area contributed by atoms with Gasteiger partial charge in [-0.1, -0.05) is 6.07 Å². The zero-order chi connectivity index (χ0) is 21.5. The summed E-state index contributed by atoms with van der Waals surface area (Å²) >= 11 is 0. The van der Waals surface area contributed by atoms with Crippen LogP contribution in [0.25, 0.3) is 22.0 Å². The van der Waals surface area contributed by atoms with Crippen molar-refractivity contribution in [2.24, 2.45) is 5.14 Å². The maximum atomic E-state index is 12.5. The number of anilines is 2. The fourth-order valence-electron chi connectivity index (χ4n) is 3.16. The maximum Gasteiger partial charge on any atom is 0.259 e. The molecule has 1 aromatic carbocycles. The summed E-state index contributed by atoms with van der Waals surface area (Å²) in [5.74, 6) is 0.907. The van der Waals surface area contributed by atoms with Crippen LogP contribution in [0.4, 0.5) is 11.5 Å².